The van der Waals surface area contributed by atoms with Crippen molar-refractivity contribution in [3.05, 3.63) is 42.1 Å². The van der Waals surface area contributed by atoms with Crippen LogP contribution in [-0.4, -0.2) is 57.1 Å². The Balaban J connectivity index is 1.75. The Morgan fingerprint density at radius 3 is 2.86 bits per heavy atom. The first-order chi connectivity index (χ1) is 13.9. The maximum absolute atomic E-state index is 12.1. The average molecular weight is 388 g/mol. The van der Waals surface area contributed by atoms with Gasteiger partial charge in [0.15, 0.2) is 5.82 Å². The van der Waals surface area contributed by atoms with Gasteiger partial charge in [0.1, 0.15) is 17.2 Å². The summed E-state index contributed by atoms with van der Waals surface area (Å²) in [6.07, 6.45) is 1.91. The third kappa shape index (κ3) is 3.32. The Bertz CT molecular complexity index is 1180. The molecule has 8 heteroatoms. The minimum Gasteiger partial charge on any atom is -0.382 e. The number of carbonyl (C=O) groups excluding carboxylic acids is 1. The lowest BCUT2D eigenvalue weighted by atomic mass is 10.0. The number of nitrogens with zero attached hydrogens (tertiary/aromatic N) is 4. The standard InChI is InChI=1S/C21H20N6O2/c1-23-19-15-7-10-24-17(22)16(15)25-18(26-19)14-5-3-4-13(12-14)6-8-21(29)9-11-27(2)20(21)28/h3-5,7,10,12,29H,9,11H2,1-2H3,(H2,22,24)(H,23,25,26)/t21-/m1/s1. The van der Waals surface area contributed by atoms with Crippen LogP contribution in [0.5, 0.6) is 0 Å². The maximum Gasteiger partial charge on any atom is 0.267 e. The molecule has 0 unspecified atom stereocenters. The van der Waals surface area contributed by atoms with Gasteiger partial charge in [-0.3, -0.25) is 4.79 Å². The fraction of sp³-hybridized carbons (Fsp3) is 0.238. The summed E-state index contributed by atoms with van der Waals surface area (Å²) in [6.45, 7) is 0.483. The molecule has 0 spiro atoms. The molecule has 0 saturated carbocycles. The number of rotatable bonds is 2. The van der Waals surface area contributed by atoms with E-state index in [1.54, 1.807) is 32.4 Å². The Hall–Kier alpha value is -3.70. The van der Waals surface area contributed by atoms with Crippen LogP contribution in [0.25, 0.3) is 22.3 Å². The number of aliphatic hydroxyl groups is 1. The van der Waals surface area contributed by atoms with Crippen LogP contribution in [0.1, 0.15) is 12.0 Å². The molecule has 1 atom stereocenters. The van der Waals surface area contributed by atoms with Gasteiger partial charge in [0.05, 0.1) is 0 Å². The van der Waals surface area contributed by atoms with Gasteiger partial charge in [0.2, 0.25) is 5.60 Å². The average Bonchev–Trinajstić information content (AvgIpc) is 3.00. The van der Waals surface area contributed by atoms with E-state index in [9.17, 15) is 9.90 Å². The van der Waals surface area contributed by atoms with Crippen LogP contribution in [0.4, 0.5) is 11.6 Å². The predicted octanol–water partition coefficient (Wildman–Crippen LogP) is 1.26. The van der Waals surface area contributed by atoms with Crippen molar-refractivity contribution in [2.45, 2.75) is 12.0 Å². The van der Waals surface area contributed by atoms with Gasteiger partial charge in [0, 0.05) is 49.8 Å². The molecule has 1 fully saturated rings. The molecule has 3 aromatic rings. The van der Waals surface area contributed by atoms with E-state index in [0.717, 1.165) is 10.9 Å². The van der Waals surface area contributed by atoms with Gasteiger partial charge in [-0.1, -0.05) is 24.0 Å². The molecule has 1 saturated heterocycles. The fourth-order valence-corrected chi connectivity index (χ4v) is 3.28. The number of likely N-dealkylation sites (tertiary alicyclic amines) is 1. The lowest BCUT2D eigenvalue weighted by Gasteiger charge is -2.13. The van der Waals surface area contributed by atoms with Crippen LogP contribution in [0.3, 0.4) is 0 Å². The van der Waals surface area contributed by atoms with E-state index in [0.29, 0.717) is 41.5 Å². The van der Waals surface area contributed by atoms with Crippen molar-refractivity contribution in [3.8, 4) is 23.2 Å². The molecule has 1 aromatic carbocycles. The second kappa shape index (κ2) is 7.04. The van der Waals surface area contributed by atoms with Gasteiger partial charge < -0.3 is 21.1 Å². The van der Waals surface area contributed by atoms with E-state index < -0.39 is 5.60 Å². The largest absolute Gasteiger partial charge is 0.382 e. The number of carbonyl (C=O) groups is 1. The molecular weight excluding hydrogens is 368 g/mol. The molecule has 1 aliphatic heterocycles. The number of hydrogen-bond donors (Lipinski definition) is 3. The summed E-state index contributed by atoms with van der Waals surface area (Å²) in [5, 5.41) is 14.3. The number of nitrogens with two attached hydrogens (primary N) is 1. The van der Waals surface area contributed by atoms with Crippen molar-refractivity contribution in [2.24, 2.45) is 0 Å². The summed E-state index contributed by atoms with van der Waals surface area (Å²) < 4.78 is 0. The van der Waals surface area contributed by atoms with E-state index in [2.05, 4.69) is 32.1 Å². The number of anilines is 2. The van der Waals surface area contributed by atoms with E-state index >= 15 is 0 Å². The van der Waals surface area contributed by atoms with Gasteiger partial charge in [-0.15, -0.1) is 0 Å². The quantitative estimate of drug-likeness (QED) is 0.566. The smallest absolute Gasteiger partial charge is 0.267 e. The number of aromatic nitrogens is 3. The van der Waals surface area contributed by atoms with Gasteiger partial charge >= 0.3 is 0 Å². The summed E-state index contributed by atoms with van der Waals surface area (Å²) in [5.41, 5.74) is 6.31. The predicted molar refractivity (Wildman–Crippen MR) is 111 cm³/mol. The summed E-state index contributed by atoms with van der Waals surface area (Å²) in [7, 11) is 3.43. The van der Waals surface area contributed by atoms with Crippen molar-refractivity contribution in [1.82, 2.24) is 19.9 Å². The number of amides is 1. The van der Waals surface area contributed by atoms with Gasteiger partial charge in [-0.25, -0.2) is 15.0 Å². The number of benzene rings is 1. The number of hydrogen-bond acceptors (Lipinski definition) is 7. The molecule has 2 aromatic heterocycles. The van der Waals surface area contributed by atoms with Gasteiger partial charge in [-0.05, 0) is 18.2 Å². The molecule has 1 amide bonds. The number of fused-ring (bicyclic) bond motifs is 1. The third-order valence-electron chi connectivity index (χ3n) is 4.92. The van der Waals surface area contributed by atoms with Crippen molar-refractivity contribution in [3.63, 3.8) is 0 Å². The van der Waals surface area contributed by atoms with Crippen LogP contribution in [0, 0.1) is 11.8 Å². The van der Waals surface area contributed by atoms with E-state index in [1.807, 2.05) is 18.2 Å². The van der Waals surface area contributed by atoms with Crippen LogP contribution < -0.4 is 11.1 Å². The van der Waals surface area contributed by atoms with Crippen molar-refractivity contribution in [2.75, 3.05) is 31.7 Å². The summed E-state index contributed by atoms with van der Waals surface area (Å²) in [6, 6.07) is 9.11. The second-order valence-electron chi connectivity index (χ2n) is 6.91. The molecule has 4 N–H and O–H groups in total. The summed E-state index contributed by atoms with van der Waals surface area (Å²) in [4.78, 5) is 26.8. The summed E-state index contributed by atoms with van der Waals surface area (Å²) in [5.74, 6) is 6.70. The van der Waals surface area contributed by atoms with Crippen molar-refractivity contribution in [1.29, 1.82) is 0 Å². The Morgan fingerprint density at radius 2 is 2.14 bits per heavy atom. The Labute approximate surface area is 167 Å². The highest BCUT2D eigenvalue weighted by Gasteiger charge is 2.42. The van der Waals surface area contributed by atoms with Crippen LogP contribution in [-0.2, 0) is 4.79 Å². The zero-order valence-electron chi connectivity index (χ0n) is 16.1. The highest BCUT2D eigenvalue weighted by molar-refractivity contribution is 5.96. The van der Waals surface area contributed by atoms with Crippen molar-refractivity contribution >= 4 is 28.4 Å². The van der Waals surface area contributed by atoms with Crippen molar-refractivity contribution < 1.29 is 9.90 Å². The maximum atomic E-state index is 12.1. The highest BCUT2D eigenvalue weighted by Crippen LogP contribution is 2.27. The molecule has 0 aliphatic carbocycles. The monoisotopic (exact) mass is 388 g/mol. The fourth-order valence-electron chi connectivity index (χ4n) is 3.28. The molecule has 4 rings (SSSR count). The number of nitrogen functional groups attached to an aromatic ring is 1. The first kappa shape index (κ1) is 18.7. The normalized spacial score (nSPS) is 18.6. The SMILES string of the molecule is CNc1nc(-c2cccc(C#C[C@@]3(O)CCN(C)C3=O)c2)nc2c(N)nccc12. The molecule has 29 heavy (non-hydrogen) atoms. The second-order valence-corrected chi connectivity index (χ2v) is 6.91. The minimum atomic E-state index is -1.64. The molecule has 0 radical (unpaired) electrons. The zero-order chi connectivity index (χ0) is 20.6. The van der Waals surface area contributed by atoms with Gasteiger partial charge in [-0.2, -0.15) is 0 Å². The topological polar surface area (TPSA) is 117 Å². The molecule has 146 valence electrons. The molecular formula is C21H20N6O2. The third-order valence-corrected chi connectivity index (χ3v) is 4.92. The highest BCUT2D eigenvalue weighted by atomic mass is 16.3. The first-order valence-corrected chi connectivity index (χ1v) is 9.13. The van der Waals surface area contributed by atoms with E-state index in [-0.39, 0.29) is 5.91 Å². The Kier molecular flexibility index (Phi) is 4.53. The molecule has 8 nitrogen and oxygen atoms in total. The lowest BCUT2D eigenvalue weighted by Crippen LogP contribution is -2.37. The molecule has 3 heterocycles. The minimum absolute atomic E-state index is 0.292. The van der Waals surface area contributed by atoms with Crippen LogP contribution >= 0.6 is 0 Å². The lowest BCUT2D eigenvalue weighted by molar-refractivity contribution is -0.137. The van der Waals surface area contributed by atoms with E-state index in [4.69, 9.17) is 5.73 Å². The number of pyridine rings is 1. The first-order valence-electron chi connectivity index (χ1n) is 9.13. The van der Waals surface area contributed by atoms with Gasteiger partial charge in [0.25, 0.3) is 5.91 Å². The van der Waals surface area contributed by atoms with E-state index in [1.165, 1.54) is 4.90 Å². The zero-order valence-corrected chi connectivity index (χ0v) is 16.1. The van der Waals surface area contributed by atoms with Crippen LogP contribution in [0.2, 0.25) is 0 Å². The van der Waals surface area contributed by atoms with Crippen LogP contribution in [0.15, 0.2) is 36.5 Å². The number of nitrogens with one attached hydrogen (secondary N) is 1. The molecule has 1 aliphatic rings. The molecule has 0 bridgehead atoms. The summed E-state index contributed by atoms with van der Waals surface area (Å²) >= 11 is 0. The number of likely N-dealkylation sites (N-methyl/N-ethyl adjacent to an activating group) is 1. The Morgan fingerprint density at radius 1 is 1.31 bits per heavy atom.